The topological polar surface area (TPSA) is 41.1 Å². The summed E-state index contributed by atoms with van der Waals surface area (Å²) < 4.78 is 38.5. The van der Waals surface area contributed by atoms with Crippen LogP contribution < -0.4 is 10.6 Å². The van der Waals surface area contributed by atoms with Gasteiger partial charge in [0.05, 0.1) is 11.6 Å². The molecule has 2 fully saturated rings. The Hall–Kier alpha value is -1.56. The summed E-state index contributed by atoms with van der Waals surface area (Å²) >= 11 is 0. The van der Waals surface area contributed by atoms with Crippen LogP contribution in [0.3, 0.4) is 0 Å². The first kappa shape index (κ1) is 15.3. The lowest BCUT2D eigenvalue weighted by Crippen LogP contribution is -2.43. The number of carbonyl (C=O) groups is 1. The minimum absolute atomic E-state index is 0.0456. The van der Waals surface area contributed by atoms with Crippen LogP contribution in [-0.4, -0.2) is 25.0 Å². The summed E-state index contributed by atoms with van der Waals surface area (Å²) in [6.07, 6.45) is -0.901. The van der Waals surface area contributed by atoms with Gasteiger partial charge in [-0.1, -0.05) is 18.2 Å². The van der Waals surface area contributed by atoms with Crippen molar-refractivity contribution in [2.24, 2.45) is 0 Å². The third kappa shape index (κ3) is 3.11. The van der Waals surface area contributed by atoms with E-state index < -0.39 is 11.7 Å². The van der Waals surface area contributed by atoms with E-state index in [1.807, 2.05) is 0 Å². The van der Waals surface area contributed by atoms with Crippen LogP contribution in [0.2, 0.25) is 0 Å². The predicted octanol–water partition coefficient (Wildman–Crippen LogP) is 2.61. The molecule has 1 aliphatic carbocycles. The Balaban J connectivity index is 1.67. The first-order chi connectivity index (χ1) is 10.4. The Morgan fingerprint density at radius 1 is 1.36 bits per heavy atom. The van der Waals surface area contributed by atoms with E-state index in [0.29, 0.717) is 12.1 Å². The Morgan fingerprint density at radius 2 is 2.14 bits per heavy atom. The molecule has 0 spiro atoms. The van der Waals surface area contributed by atoms with E-state index in [1.54, 1.807) is 6.07 Å². The van der Waals surface area contributed by atoms with Gasteiger partial charge < -0.3 is 10.6 Å². The minimum atomic E-state index is -4.33. The van der Waals surface area contributed by atoms with Gasteiger partial charge in [-0.3, -0.25) is 4.79 Å². The number of benzene rings is 1. The molecule has 1 unspecified atom stereocenters. The molecule has 0 radical (unpaired) electrons. The van der Waals surface area contributed by atoms with Gasteiger partial charge in [-0.15, -0.1) is 0 Å². The maximum atomic E-state index is 12.8. The molecule has 1 aromatic rings. The van der Waals surface area contributed by atoms with E-state index in [2.05, 4.69) is 10.6 Å². The van der Waals surface area contributed by atoms with Crippen molar-refractivity contribution in [3.63, 3.8) is 0 Å². The summed E-state index contributed by atoms with van der Waals surface area (Å²) in [5.41, 5.74) is -0.280. The first-order valence-corrected chi connectivity index (χ1v) is 7.60. The molecule has 120 valence electrons. The lowest BCUT2D eigenvalue weighted by Gasteiger charge is -2.19. The summed E-state index contributed by atoms with van der Waals surface area (Å²) in [5.74, 6) is -0.0456. The maximum Gasteiger partial charge on any atom is 0.416 e. The van der Waals surface area contributed by atoms with Crippen molar-refractivity contribution in [2.75, 3.05) is 13.1 Å². The van der Waals surface area contributed by atoms with Crippen LogP contribution in [0, 0.1) is 0 Å². The third-order valence-electron chi connectivity index (χ3n) is 4.63. The smallest absolute Gasteiger partial charge is 0.354 e. The standard InChI is InChI=1S/C16H19F3N2O/c17-16(18,19)12-4-1-3-11(9-12)15(6-7-15)10-21-14(22)13-5-2-8-20-13/h1,3-4,9,13,20H,2,5-8,10H2,(H,21,22). The Kier molecular flexibility index (Phi) is 3.89. The molecule has 1 saturated carbocycles. The molecule has 1 heterocycles. The molecule has 3 rings (SSSR count). The van der Waals surface area contributed by atoms with E-state index >= 15 is 0 Å². The third-order valence-corrected chi connectivity index (χ3v) is 4.63. The molecule has 2 N–H and O–H groups in total. The number of amides is 1. The summed E-state index contributed by atoms with van der Waals surface area (Å²) in [7, 11) is 0. The Morgan fingerprint density at radius 3 is 2.73 bits per heavy atom. The molecule has 0 aromatic heterocycles. The normalized spacial score (nSPS) is 23.3. The van der Waals surface area contributed by atoms with Gasteiger partial charge in [0.15, 0.2) is 0 Å². The minimum Gasteiger partial charge on any atom is -0.354 e. The molecule has 1 saturated heterocycles. The summed E-state index contributed by atoms with van der Waals surface area (Å²) in [6.45, 7) is 1.25. The monoisotopic (exact) mass is 312 g/mol. The van der Waals surface area contributed by atoms with Crippen LogP contribution in [0.25, 0.3) is 0 Å². The zero-order valence-electron chi connectivity index (χ0n) is 12.2. The summed E-state index contributed by atoms with van der Waals surface area (Å²) in [6, 6.07) is 5.31. The highest BCUT2D eigenvalue weighted by molar-refractivity contribution is 5.82. The highest BCUT2D eigenvalue weighted by Crippen LogP contribution is 2.48. The average Bonchev–Trinajstić information content (AvgIpc) is 3.08. The maximum absolute atomic E-state index is 12.8. The Labute approximate surface area is 127 Å². The van der Waals surface area contributed by atoms with Crippen LogP contribution in [0.15, 0.2) is 24.3 Å². The quantitative estimate of drug-likeness (QED) is 0.897. The van der Waals surface area contributed by atoms with Crippen molar-refractivity contribution in [3.8, 4) is 0 Å². The van der Waals surface area contributed by atoms with E-state index in [4.69, 9.17) is 0 Å². The fraction of sp³-hybridized carbons (Fsp3) is 0.562. The number of rotatable bonds is 4. The molecule has 1 amide bonds. The average molecular weight is 312 g/mol. The highest BCUT2D eigenvalue weighted by Gasteiger charge is 2.45. The van der Waals surface area contributed by atoms with E-state index in [9.17, 15) is 18.0 Å². The number of hydrogen-bond donors (Lipinski definition) is 2. The second-order valence-electron chi connectivity index (χ2n) is 6.23. The number of carbonyl (C=O) groups excluding carboxylic acids is 1. The molecular weight excluding hydrogens is 293 g/mol. The molecular formula is C16H19F3N2O. The van der Waals surface area contributed by atoms with Crippen molar-refractivity contribution < 1.29 is 18.0 Å². The molecule has 6 heteroatoms. The molecule has 1 aromatic carbocycles. The second-order valence-corrected chi connectivity index (χ2v) is 6.23. The highest BCUT2D eigenvalue weighted by atomic mass is 19.4. The molecule has 0 bridgehead atoms. The van der Waals surface area contributed by atoms with Crippen LogP contribution >= 0.6 is 0 Å². The molecule has 3 nitrogen and oxygen atoms in total. The van der Waals surface area contributed by atoms with Crippen molar-refractivity contribution >= 4 is 5.91 Å². The van der Waals surface area contributed by atoms with Crippen LogP contribution in [-0.2, 0) is 16.4 Å². The van der Waals surface area contributed by atoms with E-state index in [-0.39, 0.29) is 17.4 Å². The zero-order valence-corrected chi connectivity index (χ0v) is 12.2. The lowest BCUT2D eigenvalue weighted by molar-refractivity contribution is -0.137. The van der Waals surface area contributed by atoms with Gasteiger partial charge in [0.25, 0.3) is 0 Å². The molecule has 2 aliphatic rings. The van der Waals surface area contributed by atoms with Crippen molar-refractivity contribution in [1.29, 1.82) is 0 Å². The van der Waals surface area contributed by atoms with Crippen LogP contribution in [0.4, 0.5) is 13.2 Å². The van der Waals surface area contributed by atoms with Gasteiger partial charge in [-0.2, -0.15) is 13.2 Å². The first-order valence-electron chi connectivity index (χ1n) is 7.60. The lowest BCUT2D eigenvalue weighted by atomic mass is 9.94. The zero-order chi connectivity index (χ0) is 15.8. The second kappa shape index (κ2) is 5.57. The van der Waals surface area contributed by atoms with Crippen molar-refractivity contribution in [2.45, 2.75) is 43.3 Å². The molecule has 1 atom stereocenters. The number of halogens is 3. The van der Waals surface area contributed by atoms with Crippen LogP contribution in [0.5, 0.6) is 0 Å². The fourth-order valence-electron chi connectivity index (χ4n) is 3.03. The summed E-state index contributed by atoms with van der Waals surface area (Å²) in [4.78, 5) is 12.0. The van der Waals surface area contributed by atoms with E-state index in [1.165, 1.54) is 12.1 Å². The molecule has 22 heavy (non-hydrogen) atoms. The van der Waals surface area contributed by atoms with E-state index in [0.717, 1.165) is 38.3 Å². The van der Waals surface area contributed by atoms with Gasteiger partial charge in [0, 0.05) is 12.0 Å². The number of hydrogen-bond acceptors (Lipinski definition) is 2. The van der Waals surface area contributed by atoms with Crippen molar-refractivity contribution in [3.05, 3.63) is 35.4 Å². The SMILES string of the molecule is O=C(NCC1(c2cccc(C(F)(F)F)c2)CC1)C1CCCN1. The number of nitrogens with one attached hydrogen (secondary N) is 2. The fourth-order valence-corrected chi connectivity index (χ4v) is 3.03. The molecule has 1 aliphatic heterocycles. The van der Waals surface area contributed by atoms with Gasteiger partial charge >= 0.3 is 6.18 Å². The van der Waals surface area contributed by atoms with Gasteiger partial charge in [-0.05, 0) is 43.9 Å². The largest absolute Gasteiger partial charge is 0.416 e. The predicted molar refractivity (Wildman–Crippen MR) is 76.4 cm³/mol. The number of alkyl halides is 3. The van der Waals surface area contributed by atoms with Gasteiger partial charge in [0.2, 0.25) is 5.91 Å². The van der Waals surface area contributed by atoms with Gasteiger partial charge in [0.1, 0.15) is 0 Å². The van der Waals surface area contributed by atoms with Crippen LogP contribution in [0.1, 0.15) is 36.8 Å². The van der Waals surface area contributed by atoms with Crippen molar-refractivity contribution in [1.82, 2.24) is 10.6 Å². The Bertz CT molecular complexity index is 561. The van der Waals surface area contributed by atoms with Gasteiger partial charge in [-0.25, -0.2) is 0 Å². The summed E-state index contributed by atoms with van der Waals surface area (Å²) in [5, 5.41) is 6.02.